The molecule has 0 heterocycles. The highest BCUT2D eigenvalue weighted by molar-refractivity contribution is 5.30. The summed E-state index contributed by atoms with van der Waals surface area (Å²) in [7, 11) is 0. The van der Waals surface area contributed by atoms with Gasteiger partial charge in [0.15, 0.2) is 0 Å². The van der Waals surface area contributed by atoms with E-state index in [1.54, 1.807) is 0 Å². The van der Waals surface area contributed by atoms with Crippen molar-refractivity contribution < 1.29 is 9.50 Å². The first-order valence-electron chi connectivity index (χ1n) is 5.74. The van der Waals surface area contributed by atoms with E-state index in [2.05, 4.69) is 0 Å². The van der Waals surface area contributed by atoms with E-state index in [0.717, 1.165) is 0 Å². The lowest BCUT2D eigenvalue weighted by Gasteiger charge is -2.18. The fourth-order valence-electron chi connectivity index (χ4n) is 1.41. The van der Waals surface area contributed by atoms with Crippen LogP contribution in [0.1, 0.15) is 44.6 Å². The SMILES string of the molecule is CC(C)c1cc(O)ccc1F.NC1CCC1. The Kier molecular flexibility index (Phi) is 4.74. The van der Waals surface area contributed by atoms with Gasteiger partial charge in [-0.15, -0.1) is 0 Å². The molecule has 1 aromatic rings. The summed E-state index contributed by atoms with van der Waals surface area (Å²) in [5, 5.41) is 9.02. The molecular formula is C13H20FNO. The average Bonchev–Trinajstić information content (AvgIpc) is 2.19. The van der Waals surface area contributed by atoms with Crippen LogP contribution in [0.4, 0.5) is 4.39 Å². The molecule has 0 spiro atoms. The smallest absolute Gasteiger partial charge is 0.126 e. The summed E-state index contributed by atoms with van der Waals surface area (Å²) in [5.74, 6) is -0.0185. The maximum atomic E-state index is 12.9. The van der Waals surface area contributed by atoms with Crippen molar-refractivity contribution in [2.75, 3.05) is 0 Å². The van der Waals surface area contributed by atoms with E-state index >= 15 is 0 Å². The van der Waals surface area contributed by atoms with Gasteiger partial charge in [-0.1, -0.05) is 20.3 Å². The predicted octanol–water partition coefficient (Wildman–Crippen LogP) is 3.15. The monoisotopic (exact) mass is 225 g/mol. The number of phenolic OH excluding ortho intramolecular Hbond substituents is 1. The summed E-state index contributed by atoms with van der Waals surface area (Å²) in [6.07, 6.45) is 3.89. The maximum Gasteiger partial charge on any atom is 0.126 e. The molecule has 90 valence electrons. The Morgan fingerprint density at radius 3 is 2.25 bits per heavy atom. The van der Waals surface area contributed by atoms with Crippen molar-refractivity contribution in [1.82, 2.24) is 0 Å². The minimum atomic E-state index is -0.252. The van der Waals surface area contributed by atoms with Crippen LogP contribution < -0.4 is 5.73 Å². The van der Waals surface area contributed by atoms with Crippen LogP contribution in [-0.4, -0.2) is 11.1 Å². The van der Waals surface area contributed by atoms with Crippen molar-refractivity contribution in [2.24, 2.45) is 5.73 Å². The van der Waals surface area contributed by atoms with E-state index < -0.39 is 0 Å². The number of nitrogens with two attached hydrogens (primary N) is 1. The van der Waals surface area contributed by atoms with Gasteiger partial charge in [0.05, 0.1) is 0 Å². The molecule has 0 atom stereocenters. The van der Waals surface area contributed by atoms with Crippen LogP contribution >= 0.6 is 0 Å². The first kappa shape index (κ1) is 13.0. The molecule has 1 aliphatic rings. The number of aromatic hydroxyl groups is 1. The second-order valence-corrected chi connectivity index (χ2v) is 4.55. The number of benzene rings is 1. The molecule has 1 fully saturated rings. The first-order chi connectivity index (χ1) is 7.50. The molecule has 2 nitrogen and oxygen atoms in total. The minimum Gasteiger partial charge on any atom is -0.508 e. The quantitative estimate of drug-likeness (QED) is 0.771. The van der Waals surface area contributed by atoms with E-state index in [0.29, 0.717) is 11.6 Å². The van der Waals surface area contributed by atoms with Gasteiger partial charge in [-0.2, -0.15) is 0 Å². The van der Waals surface area contributed by atoms with E-state index in [-0.39, 0.29) is 17.5 Å². The molecule has 1 aromatic carbocycles. The normalized spacial score (nSPS) is 15.3. The van der Waals surface area contributed by atoms with Gasteiger partial charge in [-0.3, -0.25) is 0 Å². The molecule has 1 aliphatic carbocycles. The molecule has 1 saturated carbocycles. The molecule has 0 amide bonds. The highest BCUT2D eigenvalue weighted by Crippen LogP contribution is 2.22. The molecule has 16 heavy (non-hydrogen) atoms. The van der Waals surface area contributed by atoms with Crippen LogP contribution in [-0.2, 0) is 0 Å². The van der Waals surface area contributed by atoms with Gasteiger partial charge in [0.1, 0.15) is 11.6 Å². The van der Waals surface area contributed by atoms with Gasteiger partial charge < -0.3 is 10.8 Å². The van der Waals surface area contributed by atoms with E-state index in [9.17, 15) is 4.39 Å². The van der Waals surface area contributed by atoms with Gasteiger partial charge in [-0.25, -0.2) is 4.39 Å². The van der Waals surface area contributed by atoms with Crippen LogP contribution in [0.5, 0.6) is 5.75 Å². The predicted molar refractivity (Wildman–Crippen MR) is 64.0 cm³/mol. The Morgan fingerprint density at radius 2 is 1.94 bits per heavy atom. The third-order valence-electron chi connectivity index (χ3n) is 2.75. The summed E-state index contributed by atoms with van der Waals surface area (Å²) in [6, 6.07) is 4.65. The van der Waals surface area contributed by atoms with Crippen LogP contribution in [0.2, 0.25) is 0 Å². The van der Waals surface area contributed by atoms with Crippen molar-refractivity contribution in [3.63, 3.8) is 0 Å². The molecule has 3 N–H and O–H groups in total. The molecule has 0 bridgehead atoms. The Balaban J connectivity index is 0.000000212. The zero-order valence-corrected chi connectivity index (χ0v) is 9.91. The number of phenols is 1. The highest BCUT2D eigenvalue weighted by atomic mass is 19.1. The number of hydrogen-bond donors (Lipinski definition) is 2. The van der Waals surface area contributed by atoms with Crippen LogP contribution in [0.25, 0.3) is 0 Å². The van der Waals surface area contributed by atoms with Crippen molar-refractivity contribution >= 4 is 0 Å². The van der Waals surface area contributed by atoms with E-state index in [4.69, 9.17) is 10.8 Å². The summed E-state index contributed by atoms with van der Waals surface area (Å²) in [4.78, 5) is 0. The Labute approximate surface area is 96.3 Å². The van der Waals surface area contributed by atoms with Gasteiger partial charge in [0.25, 0.3) is 0 Å². The molecule has 0 radical (unpaired) electrons. The first-order valence-corrected chi connectivity index (χ1v) is 5.74. The highest BCUT2D eigenvalue weighted by Gasteiger charge is 2.09. The summed E-state index contributed by atoms with van der Waals surface area (Å²) in [6.45, 7) is 3.77. The fraction of sp³-hybridized carbons (Fsp3) is 0.538. The number of halogens is 1. The summed E-state index contributed by atoms with van der Waals surface area (Å²) >= 11 is 0. The molecular weight excluding hydrogens is 205 g/mol. The van der Waals surface area contributed by atoms with Gasteiger partial charge in [0, 0.05) is 6.04 Å². The number of rotatable bonds is 1. The van der Waals surface area contributed by atoms with Gasteiger partial charge in [-0.05, 0) is 42.5 Å². The second kappa shape index (κ2) is 5.85. The maximum absolute atomic E-state index is 12.9. The molecule has 0 aliphatic heterocycles. The molecule has 3 heteroatoms. The zero-order chi connectivity index (χ0) is 12.1. The van der Waals surface area contributed by atoms with E-state index in [1.165, 1.54) is 37.5 Å². The van der Waals surface area contributed by atoms with Crippen LogP contribution in [0, 0.1) is 5.82 Å². The largest absolute Gasteiger partial charge is 0.508 e. The lowest BCUT2D eigenvalue weighted by Crippen LogP contribution is -2.27. The number of hydrogen-bond acceptors (Lipinski definition) is 2. The van der Waals surface area contributed by atoms with Gasteiger partial charge >= 0.3 is 0 Å². The van der Waals surface area contributed by atoms with Gasteiger partial charge in [0.2, 0.25) is 0 Å². The summed E-state index contributed by atoms with van der Waals surface area (Å²) in [5.41, 5.74) is 5.94. The third kappa shape index (κ3) is 3.81. The molecule has 0 aromatic heterocycles. The Bertz CT molecular complexity index is 335. The Morgan fingerprint density at radius 1 is 1.38 bits per heavy atom. The Hall–Kier alpha value is -1.09. The topological polar surface area (TPSA) is 46.2 Å². The zero-order valence-electron chi connectivity index (χ0n) is 9.91. The van der Waals surface area contributed by atoms with Crippen molar-refractivity contribution in [1.29, 1.82) is 0 Å². The van der Waals surface area contributed by atoms with Crippen molar-refractivity contribution in [2.45, 2.75) is 45.1 Å². The lowest BCUT2D eigenvalue weighted by atomic mass is 9.95. The fourth-order valence-corrected chi connectivity index (χ4v) is 1.41. The van der Waals surface area contributed by atoms with Crippen LogP contribution in [0.3, 0.4) is 0 Å². The van der Waals surface area contributed by atoms with Crippen LogP contribution in [0.15, 0.2) is 18.2 Å². The lowest BCUT2D eigenvalue weighted by molar-refractivity contribution is 0.418. The molecule has 0 saturated heterocycles. The third-order valence-corrected chi connectivity index (χ3v) is 2.75. The second-order valence-electron chi connectivity index (χ2n) is 4.55. The molecule has 0 unspecified atom stereocenters. The minimum absolute atomic E-state index is 0.113. The van der Waals surface area contributed by atoms with Crippen molar-refractivity contribution in [3.05, 3.63) is 29.6 Å². The molecule has 2 rings (SSSR count). The van der Waals surface area contributed by atoms with E-state index in [1.807, 2.05) is 13.8 Å². The average molecular weight is 225 g/mol. The summed E-state index contributed by atoms with van der Waals surface area (Å²) < 4.78 is 12.9. The standard InChI is InChI=1S/C9H11FO.C4H9N/c1-6(2)8-5-7(11)3-4-9(8)10;5-4-2-1-3-4/h3-6,11H,1-2H3;4H,1-3,5H2. The van der Waals surface area contributed by atoms with Crippen molar-refractivity contribution in [3.8, 4) is 5.75 Å².